The minimum atomic E-state index is -4.33. The number of aryl methyl sites for hydroxylation is 1. The van der Waals surface area contributed by atoms with E-state index in [1.165, 1.54) is 28.1 Å². The summed E-state index contributed by atoms with van der Waals surface area (Å²) in [5.74, 6) is 0.448. The van der Waals surface area contributed by atoms with Crippen molar-refractivity contribution in [3.05, 3.63) is 81.8 Å². The van der Waals surface area contributed by atoms with Crippen molar-refractivity contribution < 1.29 is 17.9 Å². The van der Waals surface area contributed by atoms with Gasteiger partial charge < -0.3 is 4.74 Å². The molecule has 3 aromatic rings. The summed E-state index contributed by atoms with van der Waals surface area (Å²) in [5.41, 5.74) is 3.70. The van der Waals surface area contributed by atoms with Crippen LogP contribution in [0.3, 0.4) is 0 Å². The highest BCUT2D eigenvalue weighted by Gasteiger charge is 2.30. The van der Waals surface area contributed by atoms with E-state index in [-0.39, 0.29) is 6.04 Å². The molecule has 0 aliphatic rings. The van der Waals surface area contributed by atoms with E-state index in [2.05, 4.69) is 35.9 Å². The highest BCUT2D eigenvalue weighted by molar-refractivity contribution is 7.09. The summed E-state index contributed by atoms with van der Waals surface area (Å²) in [6.07, 6.45) is -1.67. The van der Waals surface area contributed by atoms with Gasteiger partial charge in [-0.2, -0.15) is 13.2 Å². The molecule has 30 heavy (non-hydrogen) atoms. The van der Waals surface area contributed by atoms with Crippen molar-refractivity contribution in [3.8, 4) is 5.75 Å². The van der Waals surface area contributed by atoms with Crippen LogP contribution in [0.1, 0.15) is 41.0 Å². The zero-order valence-corrected chi connectivity index (χ0v) is 17.8. The van der Waals surface area contributed by atoms with Crippen LogP contribution in [0.15, 0.2) is 60.2 Å². The second-order valence-electron chi connectivity index (χ2n) is 7.20. The molecule has 0 N–H and O–H groups in total. The largest absolute Gasteiger partial charge is 0.494 e. The number of hydrogen-bond donors (Lipinski definition) is 0. The van der Waals surface area contributed by atoms with Crippen LogP contribution in [0.25, 0.3) is 0 Å². The maximum absolute atomic E-state index is 12.7. The van der Waals surface area contributed by atoms with E-state index in [4.69, 9.17) is 4.74 Å². The van der Waals surface area contributed by atoms with E-state index in [0.717, 1.165) is 31.6 Å². The van der Waals surface area contributed by atoms with Crippen LogP contribution in [0.4, 0.5) is 13.2 Å². The summed E-state index contributed by atoms with van der Waals surface area (Å²) in [7, 11) is 0. The van der Waals surface area contributed by atoms with Crippen LogP contribution < -0.4 is 4.74 Å². The van der Waals surface area contributed by atoms with Crippen molar-refractivity contribution in [1.29, 1.82) is 0 Å². The Hall–Kier alpha value is -2.38. The summed E-state index contributed by atoms with van der Waals surface area (Å²) in [6, 6.07) is 13.4. The zero-order chi connectivity index (χ0) is 21.6. The van der Waals surface area contributed by atoms with Gasteiger partial charge in [-0.1, -0.05) is 24.3 Å². The molecule has 160 valence electrons. The molecule has 2 aromatic carbocycles. The molecule has 3 rings (SSSR count). The number of halogens is 3. The van der Waals surface area contributed by atoms with Gasteiger partial charge in [0.1, 0.15) is 5.75 Å². The number of ether oxygens (including phenoxy) is 1. The Morgan fingerprint density at radius 2 is 1.83 bits per heavy atom. The van der Waals surface area contributed by atoms with Gasteiger partial charge in [0.15, 0.2) is 0 Å². The van der Waals surface area contributed by atoms with E-state index < -0.39 is 11.7 Å². The van der Waals surface area contributed by atoms with E-state index in [1.807, 2.05) is 23.8 Å². The fraction of sp³-hybridized carbons (Fsp3) is 0.348. The van der Waals surface area contributed by atoms with Crippen molar-refractivity contribution in [2.75, 3.05) is 13.2 Å². The molecule has 0 spiro atoms. The molecule has 7 heteroatoms. The number of aromatic nitrogens is 1. The fourth-order valence-electron chi connectivity index (χ4n) is 3.23. The van der Waals surface area contributed by atoms with E-state index in [9.17, 15) is 13.2 Å². The topological polar surface area (TPSA) is 25.4 Å². The number of thiazole rings is 1. The molecule has 1 unspecified atom stereocenters. The predicted octanol–water partition coefficient (Wildman–Crippen LogP) is 6.50. The van der Waals surface area contributed by atoms with Gasteiger partial charge in [0.25, 0.3) is 0 Å². The summed E-state index contributed by atoms with van der Waals surface area (Å²) < 4.78 is 43.7. The van der Waals surface area contributed by atoms with Crippen LogP contribution in [0.2, 0.25) is 0 Å². The minimum Gasteiger partial charge on any atom is -0.494 e. The second kappa shape index (κ2) is 10.1. The average Bonchev–Trinajstić information content (AvgIpc) is 3.26. The third-order valence-electron chi connectivity index (χ3n) is 5.09. The predicted molar refractivity (Wildman–Crippen MR) is 114 cm³/mol. The molecule has 1 heterocycles. The summed E-state index contributed by atoms with van der Waals surface area (Å²) >= 11 is 1.64. The highest BCUT2D eigenvalue weighted by Crippen LogP contribution is 2.30. The lowest BCUT2D eigenvalue weighted by molar-refractivity contribution is -0.137. The summed E-state index contributed by atoms with van der Waals surface area (Å²) in [4.78, 5) is 7.78. The molecular formula is C23H25F3N2OS. The summed E-state index contributed by atoms with van der Waals surface area (Å²) in [5, 5.41) is 0. The average molecular weight is 435 g/mol. The lowest BCUT2D eigenvalue weighted by Crippen LogP contribution is -2.28. The quantitative estimate of drug-likeness (QED) is 0.359. The lowest BCUT2D eigenvalue weighted by Gasteiger charge is -2.29. The van der Waals surface area contributed by atoms with Crippen LogP contribution in [0, 0.1) is 6.92 Å². The molecule has 1 atom stereocenters. The molecule has 1 aromatic heterocycles. The van der Waals surface area contributed by atoms with Gasteiger partial charge in [0.2, 0.25) is 0 Å². The number of rotatable bonds is 9. The molecule has 0 fully saturated rings. The Balaban J connectivity index is 1.58. The van der Waals surface area contributed by atoms with E-state index in [0.29, 0.717) is 12.4 Å². The molecule has 0 aliphatic carbocycles. The van der Waals surface area contributed by atoms with Crippen molar-refractivity contribution in [1.82, 2.24) is 9.88 Å². The van der Waals surface area contributed by atoms with Gasteiger partial charge >= 0.3 is 6.18 Å². The molecular weight excluding hydrogens is 409 g/mol. The Bertz CT molecular complexity index is 911. The molecule has 0 bridgehead atoms. The SMILES string of the molecule is Cc1ccccc1CN(CCCOc1ccc(C(F)(F)F)cc1)C(C)c1cncs1. The molecule has 0 amide bonds. The van der Waals surface area contributed by atoms with Gasteiger partial charge in [0, 0.05) is 30.2 Å². The van der Waals surface area contributed by atoms with E-state index >= 15 is 0 Å². The Morgan fingerprint density at radius 1 is 1.10 bits per heavy atom. The van der Waals surface area contributed by atoms with Crippen molar-refractivity contribution in [2.24, 2.45) is 0 Å². The molecule has 0 saturated carbocycles. The highest BCUT2D eigenvalue weighted by atomic mass is 32.1. The van der Waals surface area contributed by atoms with Gasteiger partial charge in [-0.05, 0) is 55.7 Å². The monoisotopic (exact) mass is 434 g/mol. The first-order valence-corrected chi connectivity index (χ1v) is 10.7. The van der Waals surface area contributed by atoms with Gasteiger partial charge in [-0.25, -0.2) is 0 Å². The Labute approximate surface area is 179 Å². The smallest absolute Gasteiger partial charge is 0.416 e. The van der Waals surface area contributed by atoms with Crippen LogP contribution in [-0.4, -0.2) is 23.0 Å². The molecule has 0 saturated heterocycles. The third-order valence-corrected chi connectivity index (χ3v) is 6.03. The first-order valence-electron chi connectivity index (χ1n) is 9.81. The number of benzene rings is 2. The molecule has 0 aliphatic heterocycles. The Morgan fingerprint density at radius 3 is 2.47 bits per heavy atom. The van der Waals surface area contributed by atoms with E-state index in [1.54, 1.807) is 11.3 Å². The number of nitrogens with zero attached hydrogens (tertiary/aromatic N) is 2. The minimum absolute atomic E-state index is 0.211. The van der Waals surface area contributed by atoms with Crippen LogP contribution in [-0.2, 0) is 12.7 Å². The molecule has 3 nitrogen and oxygen atoms in total. The first-order chi connectivity index (χ1) is 14.3. The first kappa shape index (κ1) is 22.3. The van der Waals surface area contributed by atoms with Crippen LogP contribution in [0.5, 0.6) is 5.75 Å². The Kier molecular flexibility index (Phi) is 7.50. The van der Waals surface area contributed by atoms with Gasteiger partial charge in [-0.15, -0.1) is 11.3 Å². The van der Waals surface area contributed by atoms with Crippen molar-refractivity contribution >= 4 is 11.3 Å². The maximum Gasteiger partial charge on any atom is 0.416 e. The standard InChI is InChI=1S/C23H25F3N2OS/c1-17-6-3-4-7-19(17)15-28(18(2)22-14-27-16-30-22)12-5-13-29-21-10-8-20(9-11-21)23(24,25)26/h3-4,6-11,14,16,18H,5,12-13,15H2,1-2H3. The normalized spacial score (nSPS) is 12.9. The van der Waals surface area contributed by atoms with Crippen molar-refractivity contribution in [3.63, 3.8) is 0 Å². The number of hydrogen-bond acceptors (Lipinski definition) is 4. The lowest BCUT2D eigenvalue weighted by atomic mass is 10.1. The second-order valence-corrected chi connectivity index (χ2v) is 8.12. The van der Waals surface area contributed by atoms with Gasteiger partial charge in [-0.3, -0.25) is 9.88 Å². The summed E-state index contributed by atoms with van der Waals surface area (Å²) in [6.45, 7) is 6.33. The maximum atomic E-state index is 12.7. The van der Waals surface area contributed by atoms with Gasteiger partial charge in [0.05, 0.1) is 17.7 Å². The fourth-order valence-corrected chi connectivity index (χ4v) is 3.94. The van der Waals surface area contributed by atoms with Crippen molar-refractivity contribution in [2.45, 2.75) is 39.0 Å². The van der Waals surface area contributed by atoms with Crippen LogP contribution >= 0.6 is 11.3 Å². The molecule has 0 radical (unpaired) electrons. The zero-order valence-electron chi connectivity index (χ0n) is 17.0. The third kappa shape index (κ3) is 6.06. The number of alkyl halides is 3.